The Bertz CT molecular complexity index is 856. The Labute approximate surface area is 179 Å². The van der Waals surface area contributed by atoms with E-state index in [0.29, 0.717) is 6.61 Å². The number of ether oxygens (including phenoxy) is 1. The van der Waals surface area contributed by atoms with Gasteiger partial charge in [0.25, 0.3) is 5.91 Å². The highest BCUT2D eigenvalue weighted by Crippen LogP contribution is 2.57. The zero-order valence-corrected chi connectivity index (χ0v) is 20.0. The van der Waals surface area contributed by atoms with Gasteiger partial charge in [-0.25, -0.2) is 4.99 Å². The second kappa shape index (κ2) is 8.01. The predicted molar refractivity (Wildman–Crippen MR) is 119 cm³/mol. The van der Waals surface area contributed by atoms with Gasteiger partial charge in [0.2, 0.25) is 0 Å². The standard InChI is InChI=1S/C23H37N3O2S/c1-8-9-10-16-15-26(21(2,3)4)29-19(16)25-20(27)23(7)12-11-17(22(23,5)6)18-24-13-14-28-18/h15,17H,8-14H2,1-7H3/t17-,23+/m1/s1. The maximum Gasteiger partial charge on any atom is 0.253 e. The molecule has 0 saturated heterocycles. The fourth-order valence-corrected chi connectivity index (χ4v) is 5.47. The topological polar surface area (TPSA) is 56.0 Å². The van der Waals surface area contributed by atoms with Gasteiger partial charge in [0.15, 0.2) is 5.90 Å². The first-order chi connectivity index (χ1) is 13.5. The minimum absolute atomic E-state index is 0.00394. The minimum atomic E-state index is -0.509. The molecule has 3 rings (SSSR count). The van der Waals surface area contributed by atoms with Crippen molar-refractivity contribution in [2.45, 2.75) is 86.1 Å². The van der Waals surface area contributed by atoms with E-state index in [4.69, 9.17) is 9.73 Å². The third-order valence-corrected chi connectivity index (χ3v) is 8.38. The highest BCUT2D eigenvalue weighted by molar-refractivity contribution is 7.04. The van der Waals surface area contributed by atoms with Crippen molar-refractivity contribution in [3.05, 3.63) is 16.4 Å². The molecule has 0 radical (unpaired) electrons. The molecule has 0 spiro atoms. The number of aromatic nitrogens is 1. The summed E-state index contributed by atoms with van der Waals surface area (Å²) >= 11 is 1.61. The van der Waals surface area contributed by atoms with Crippen LogP contribution in [0.1, 0.15) is 79.7 Å². The molecule has 1 aliphatic carbocycles. The summed E-state index contributed by atoms with van der Waals surface area (Å²) in [5.41, 5.74) is 0.434. The van der Waals surface area contributed by atoms with Crippen LogP contribution in [0.4, 0.5) is 0 Å². The monoisotopic (exact) mass is 419 g/mol. The molecule has 162 valence electrons. The summed E-state index contributed by atoms with van der Waals surface area (Å²) in [5, 5.41) is 0. The van der Waals surface area contributed by atoms with Crippen LogP contribution in [0.5, 0.6) is 0 Å². The van der Waals surface area contributed by atoms with E-state index in [9.17, 15) is 4.79 Å². The Morgan fingerprint density at radius 2 is 2.10 bits per heavy atom. The highest BCUT2D eigenvalue weighted by atomic mass is 32.1. The Balaban J connectivity index is 1.96. The molecule has 1 saturated carbocycles. The molecule has 5 nitrogen and oxygen atoms in total. The van der Waals surface area contributed by atoms with Gasteiger partial charge in [0, 0.05) is 23.2 Å². The van der Waals surface area contributed by atoms with Crippen molar-refractivity contribution in [3.63, 3.8) is 0 Å². The molecule has 2 aliphatic rings. The Kier molecular flexibility index (Phi) is 6.15. The smallest absolute Gasteiger partial charge is 0.253 e. The van der Waals surface area contributed by atoms with E-state index in [0.717, 1.165) is 49.2 Å². The number of rotatable bonds is 5. The first-order valence-corrected chi connectivity index (χ1v) is 11.8. The Morgan fingerprint density at radius 3 is 2.69 bits per heavy atom. The summed E-state index contributed by atoms with van der Waals surface area (Å²) in [6, 6.07) is 0. The first-order valence-electron chi connectivity index (χ1n) is 11.0. The molecule has 1 aromatic rings. The van der Waals surface area contributed by atoms with Crippen LogP contribution in [0, 0.1) is 16.7 Å². The van der Waals surface area contributed by atoms with Gasteiger partial charge in [0.1, 0.15) is 11.3 Å². The molecule has 1 aliphatic heterocycles. The molecule has 1 fully saturated rings. The van der Waals surface area contributed by atoms with E-state index < -0.39 is 5.41 Å². The van der Waals surface area contributed by atoms with Crippen LogP contribution >= 0.6 is 11.5 Å². The van der Waals surface area contributed by atoms with Crippen LogP contribution in [0.25, 0.3) is 0 Å². The molecule has 0 bridgehead atoms. The quantitative estimate of drug-likeness (QED) is 0.678. The number of carbonyl (C=O) groups is 1. The number of aliphatic imine (C=N–C) groups is 1. The first kappa shape index (κ1) is 22.3. The lowest BCUT2D eigenvalue weighted by Crippen LogP contribution is -2.42. The largest absolute Gasteiger partial charge is 0.479 e. The molecule has 29 heavy (non-hydrogen) atoms. The molecule has 1 aromatic heterocycles. The maximum absolute atomic E-state index is 13.5. The number of unbranched alkanes of at least 4 members (excludes halogenated alkanes) is 1. The van der Waals surface area contributed by atoms with Crippen LogP contribution in [-0.2, 0) is 21.5 Å². The summed E-state index contributed by atoms with van der Waals surface area (Å²) in [6.45, 7) is 16.6. The second-order valence-electron chi connectivity index (χ2n) is 10.3. The minimum Gasteiger partial charge on any atom is -0.479 e. The van der Waals surface area contributed by atoms with Gasteiger partial charge in [-0.2, -0.15) is 0 Å². The molecule has 0 N–H and O–H groups in total. The molecule has 0 aromatic carbocycles. The van der Waals surface area contributed by atoms with Crippen LogP contribution in [0.3, 0.4) is 0 Å². The van der Waals surface area contributed by atoms with Crippen LogP contribution < -0.4 is 4.67 Å². The zero-order chi connectivity index (χ0) is 21.4. The van der Waals surface area contributed by atoms with Gasteiger partial charge >= 0.3 is 0 Å². The van der Waals surface area contributed by atoms with E-state index in [1.165, 1.54) is 5.56 Å². The van der Waals surface area contributed by atoms with Crippen LogP contribution in [0.15, 0.2) is 16.2 Å². The van der Waals surface area contributed by atoms with E-state index in [1.54, 1.807) is 11.5 Å². The van der Waals surface area contributed by atoms with E-state index in [2.05, 4.69) is 63.6 Å². The van der Waals surface area contributed by atoms with Crippen molar-refractivity contribution in [1.29, 1.82) is 0 Å². The number of nitrogens with zero attached hydrogens (tertiary/aromatic N) is 3. The lowest BCUT2D eigenvalue weighted by molar-refractivity contribution is -0.132. The van der Waals surface area contributed by atoms with Crippen molar-refractivity contribution >= 4 is 23.3 Å². The summed E-state index contributed by atoms with van der Waals surface area (Å²) in [4.78, 5) is 22.8. The number of amides is 1. The van der Waals surface area contributed by atoms with Gasteiger partial charge in [-0.1, -0.05) is 34.1 Å². The van der Waals surface area contributed by atoms with E-state index in [1.807, 2.05) is 0 Å². The average Bonchev–Trinajstić information content (AvgIpc) is 3.33. The Morgan fingerprint density at radius 1 is 1.38 bits per heavy atom. The third kappa shape index (κ3) is 4.10. The van der Waals surface area contributed by atoms with Gasteiger partial charge < -0.3 is 4.74 Å². The normalized spacial score (nSPS) is 27.2. The zero-order valence-electron chi connectivity index (χ0n) is 19.2. The summed E-state index contributed by atoms with van der Waals surface area (Å²) in [7, 11) is 0. The van der Waals surface area contributed by atoms with Crippen molar-refractivity contribution in [1.82, 2.24) is 3.96 Å². The van der Waals surface area contributed by atoms with Gasteiger partial charge in [-0.3, -0.25) is 13.7 Å². The molecule has 0 unspecified atom stereocenters. The van der Waals surface area contributed by atoms with E-state index in [-0.39, 0.29) is 22.8 Å². The highest BCUT2D eigenvalue weighted by Gasteiger charge is 2.58. The molecular weight excluding hydrogens is 382 g/mol. The molecule has 6 heteroatoms. The second-order valence-corrected chi connectivity index (χ2v) is 11.2. The maximum atomic E-state index is 13.5. The fraction of sp³-hybridized carbons (Fsp3) is 0.783. The number of carbonyl (C=O) groups excluding carboxylic acids is 1. The predicted octanol–water partition coefficient (Wildman–Crippen LogP) is 4.95. The van der Waals surface area contributed by atoms with Crippen molar-refractivity contribution in [2.75, 3.05) is 13.2 Å². The number of aryl methyl sites for hydroxylation is 1. The number of hydrogen-bond donors (Lipinski definition) is 0. The van der Waals surface area contributed by atoms with Gasteiger partial charge in [0.05, 0.1) is 12.0 Å². The van der Waals surface area contributed by atoms with Crippen molar-refractivity contribution < 1.29 is 9.53 Å². The van der Waals surface area contributed by atoms with E-state index >= 15 is 0 Å². The third-order valence-electron chi connectivity index (χ3n) is 7.00. The fourth-order valence-electron chi connectivity index (χ4n) is 4.43. The SMILES string of the molecule is CCCCc1cn(C(C)(C)C)sc1=NC(=O)[C@]1(C)CC[C@H](C2=NCCO2)C1(C)C. The van der Waals surface area contributed by atoms with Gasteiger partial charge in [-0.15, -0.1) is 0 Å². The molecule has 2 atom stereocenters. The van der Waals surface area contributed by atoms with Gasteiger partial charge in [-0.05, 0) is 63.4 Å². The lowest BCUT2D eigenvalue weighted by Gasteiger charge is -2.38. The average molecular weight is 420 g/mol. The molecule has 1 amide bonds. The van der Waals surface area contributed by atoms with Crippen LogP contribution in [0.2, 0.25) is 0 Å². The summed E-state index contributed by atoms with van der Waals surface area (Å²) in [5.74, 6) is 1.04. The Hall–Kier alpha value is -1.43. The van der Waals surface area contributed by atoms with Crippen molar-refractivity contribution in [3.8, 4) is 0 Å². The molecule has 2 heterocycles. The summed E-state index contributed by atoms with van der Waals surface area (Å²) < 4.78 is 8.89. The number of hydrogen-bond acceptors (Lipinski definition) is 4. The molecular formula is C23H37N3O2S. The van der Waals surface area contributed by atoms with Crippen LogP contribution in [-0.4, -0.2) is 28.9 Å². The summed E-state index contributed by atoms with van der Waals surface area (Å²) in [6.07, 6.45) is 7.16. The van der Waals surface area contributed by atoms with Crippen molar-refractivity contribution in [2.24, 2.45) is 26.7 Å². The lowest BCUT2D eigenvalue weighted by atomic mass is 9.65.